The molecule has 3 rings (SSSR count). The Bertz CT molecular complexity index is 755. The van der Waals surface area contributed by atoms with Crippen molar-refractivity contribution >= 4 is 11.7 Å². The first-order valence-electron chi connectivity index (χ1n) is 10.3. The molecule has 2 heterocycles. The third kappa shape index (κ3) is 5.44. The second-order valence-corrected chi connectivity index (χ2v) is 7.44. The fourth-order valence-electron chi connectivity index (χ4n) is 3.29. The van der Waals surface area contributed by atoms with E-state index in [1.54, 1.807) is 36.7 Å². The van der Waals surface area contributed by atoms with E-state index in [-0.39, 0.29) is 5.91 Å². The second kappa shape index (κ2) is 10.1. The van der Waals surface area contributed by atoms with Crippen molar-refractivity contribution in [2.24, 2.45) is 5.92 Å². The average molecular weight is 383 g/mol. The first-order valence-corrected chi connectivity index (χ1v) is 10.3. The molecule has 1 saturated heterocycles. The number of carbonyl (C=O) groups is 1. The molecule has 1 aromatic heterocycles. The minimum atomic E-state index is -0.0507. The van der Waals surface area contributed by atoms with E-state index < -0.39 is 0 Å². The van der Waals surface area contributed by atoms with Gasteiger partial charge < -0.3 is 15.0 Å². The van der Waals surface area contributed by atoms with Crippen molar-refractivity contribution in [3.63, 3.8) is 0 Å². The summed E-state index contributed by atoms with van der Waals surface area (Å²) in [5, 5.41) is 2.95. The van der Waals surface area contributed by atoms with Crippen molar-refractivity contribution in [3.8, 4) is 11.6 Å². The van der Waals surface area contributed by atoms with Gasteiger partial charge in [-0.3, -0.25) is 4.79 Å². The highest BCUT2D eigenvalue weighted by Gasteiger charge is 2.21. The summed E-state index contributed by atoms with van der Waals surface area (Å²) in [7, 11) is 0. The highest BCUT2D eigenvalue weighted by molar-refractivity contribution is 5.94. The van der Waals surface area contributed by atoms with E-state index in [1.165, 1.54) is 0 Å². The van der Waals surface area contributed by atoms with Gasteiger partial charge in [0.25, 0.3) is 11.8 Å². The number of aromatic nitrogens is 2. The van der Waals surface area contributed by atoms with E-state index in [2.05, 4.69) is 34.0 Å². The fourth-order valence-corrected chi connectivity index (χ4v) is 3.29. The zero-order valence-electron chi connectivity index (χ0n) is 16.9. The molecule has 6 heteroatoms. The van der Waals surface area contributed by atoms with Gasteiger partial charge in [0.05, 0.1) is 0 Å². The number of nitrogens with zero attached hydrogens (tertiary/aromatic N) is 3. The van der Waals surface area contributed by atoms with E-state index in [1.807, 2.05) is 0 Å². The minimum absolute atomic E-state index is 0.0507. The lowest BCUT2D eigenvalue weighted by Gasteiger charge is -2.31. The van der Waals surface area contributed by atoms with Crippen molar-refractivity contribution in [2.45, 2.75) is 46.0 Å². The molecule has 0 atom stereocenters. The van der Waals surface area contributed by atoms with Crippen molar-refractivity contribution < 1.29 is 9.53 Å². The molecule has 1 fully saturated rings. The topological polar surface area (TPSA) is 67.3 Å². The van der Waals surface area contributed by atoms with Crippen LogP contribution < -0.4 is 15.0 Å². The van der Waals surface area contributed by atoms with Crippen LogP contribution in [0.25, 0.3) is 0 Å². The monoisotopic (exact) mass is 382 g/mol. The number of carbonyl (C=O) groups excluding carboxylic acids is 1. The van der Waals surface area contributed by atoms with E-state index in [4.69, 9.17) is 4.74 Å². The summed E-state index contributed by atoms with van der Waals surface area (Å²) >= 11 is 0. The van der Waals surface area contributed by atoms with Gasteiger partial charge in [-0.05, 0) is 49.4 Å². The molecule has 150 valence electrons. The van der Waals surface area contributed by atoms with E-state index in [0.29, 0.717) is 23.7 Å². The maximum atomic E-state index is 12.2. The van der Waals surface area contributed by atoms with Crippen LogP contribution in [-0.2, 0) is 0 Å². The van der Waals surface area contributed by atoms with Crippen molar-refractivity contribution in [3.05, 3.63) is 42.2 Å². The third-order valence-corrected chi connectivity index (χ3v) is 5.13. The van der Waals surface area contributed by atoms with Gasteiger partial charge in [-0.25, -0.2) is 9.97 Å². The lowest BCUT2D eigenvalue weighted by Crippen LogP contribution is -2.33. The van der Waals surface area contributed by atoms with Crippen LogP contribution in [0.3, 0.4) is 0 Å². The predicted octanol–water partition coefficient (Wildman–Crippen LogP) is 4.43. The molecule has 0 spiro atoms. The number of amides is 1. The molecule has 6 nitrogen and oxygen atoms in total. The van der Waals surface area contributed by atoms with Gasteiger partial charge >= 0.3 is 0 Å². The summed E-state index contributed by atoms with van der Waals surface area (Å²) in [6, 6.07) is 7.17. The van der Waals surface area contributed by atoms with Crippen molar-refractivity contribution in [1.82, 2.24) is 15.3 Å². The van der Waals surface area contributed by atoms with Gasteiger partial charge in [-0.1, -0.05) is 26.7 Å². The smallest absolute Gasteiger partial charge is 0.263 e. The molecule has 1 amide bonds. The molecule has 2 aromatic rings. The summed E-state index contributed by atoms with van der Waals surface area (Å²) in [5.41, 5.74) is 0.633. The third-order valence-electron chi connectivity index (χ3n) is 5.13. The number of anilines is 1. The number of hydrogen-bond donors (Lipinski definition) is 1. The largest absolute Gasteiger partial charge is 0.436 e. The number of ether oxygens (including phenoxy) is 1. The summed E-state index contributed by atoms with van der Waals surface area (Å²) in [6.07, 6.45) is 8.92. The molecule has 1 aliphatic rings. The van der Waals surface area contributed by atoms with Crippen LogP contribution in [0.1, 0.15) is 56.3 Å². The quantitative estimate of drug-likeness (QED) is 0.684. The van der Waals surface area contributed by atoms with Gasteiger partial charge in [-0.15, -0.1) is 0 Å². The fraction of sp³-hybridized carbons (Fsp3) is 0.500. The lowest BCUT2D eigenvalue weighted by atomic mass is 9.99. The van der Waals surface area contributed by atoms with Gasteiger partial charge in [-0.2, -0.15) is 0 Å². The SMILES string of the molecule is CCCCCNC(=O)c1ccc(Oc2nccnc2N2CCC(C)CC2)cc1. The second-order valence-electron chi connectivity index (χ2n) is 7.44. The maximum Gasteiger partial charge on any atom is 0.263 e. The number of rotatable bonds is 8. The van der Waals surface area contributed by atoms with E-state index >= 15 is 0 Å². The Hall–Kier alpha value is -2.63. The van der Waals surface area contributed by atoms with Crippen LogP contribution in [0.5, 0.6) is 11.6 Å². The molecule has 0 aliphatic carbocycles. The van der Waals surface area contributed by atoms with E-state index in [0.717, 1.165) is 56.9 Å². The Labute approximate surface area is 167 Å². The van der Waals surface area contributed by atoms with Gasteiger partial charge in [0.2, 0.25) is 0 Å². The predicted molar refractivity (Wildman–Crippen MR) is 111 cm³/mol. The first kappa shape index (κ1) is 20.1. The lowest BCUT2D eigenvalue weighted by molar-refractivity contribution is 0.0953. The highest BCUT2D eigenvalue weighted by atomic mass is 16.5. The molecule has 28 heavy (non-hydrogen) atoms. The Morgan fingerprint density at radius 2 is 1.86 bits per heavy atom. The van der Waals surface area contributed by atoms with E-state index in [9.17, 15) is 4.79 Å². The zero-order chi connectivity index (χ0) is 19.8. The van der Waals surface area contributed by atoms with Crippen LogP contribution in [0.15, 0.2) is 36.7 Å². The zero-order valence-corrected chi connectivity index (χ0v) is 16.9. The molecule has 0 unspecified atom stereocenters. The molecular formula is C22H30N4O2. The molecule has 1 aliphatic heterocycles. The van der Waals surface area contributed by atoms with Gasteiger partial charge in [0.15, 0.2) is 5.82 Å². The standard InChI is InChI=1S/C22H30N4O2/c1-3-4-5-12-24-21(27)18-6-8-19(9-7-18)28-22-20(23-13-14-25-22)26-15-10-17(2)11-16-26/h6-9,13-14,17H,3-5,10-12,15-16H2,1-2H3,(H,24,27). The van der Waals surface area contributed by atoms with Gasteiger partial charge in [0.1, 0.15) is 5.75 Å². The van der Waals surface area contributed by atoms with Crippen LogP contribution in [-0.4, -0.2) is 35.5 Å². The molecule has 0 bridgehead atoms. The number of benzene rings is 1. The Kier molecular flexibility index (Phi) is 7.23. The van der Waals surface area contributed by atoms with Crippen LogP contribution >= 0.6 is 0 Å². The molecule has 1 aromatic carbocycles. The average Bonchev–Trinajstić information content (AvgIpc) is 2.73. The normalized spacial score (nSPS) is 14.7. The summed E-state index contributed by atoms with van der Waals surface area (Å²) in [6.45, 7) is 7.07. The van der Waals surface area contributed by atoms with Crippen molar-refractivity contribution in [2.75, 3.05) is 24.5 Å². The Balaban J connectivity index is 1.62. The summed E-state index contributed by atoms with van der Waals surface area (Å²) in [5.74, 6) is 2.64. The number of nitrogens with one attached hydrogen (secondary N) is 1. The summed E-state index contributed by atoms with van der Waals surface area (Å²) < 4.78 is 5.99. The summed E-state index contributed by atoms with van der Waals surface area (Å²) in [4.78, 5) is 23.3. The molecule has 0 saturated carbocycles. The van der Waals surface area contributed by atoms with Crippen LogP contribution in [0.2, 0.25) is 0 Å². The molecular weight excluding hydrogens is 352 g/mol. The van der Waals surface area contributed by atoms with Crippen LogP contribution in [0.4, 0.5) is 5.82 Å². The first-order chi connectivity index (χ1) is 13.7. The number of hydrogen-bond acceptors (Lipinski definition) is 5. The number of unbranched alkanes of at least 4 members (excludes halogenated alkanes) is 2. The minimum Gasteiger partial charge on any atom is -0.436 e. The number of piperidine rings is 1. The highest BCUT2D eigenvalue weighted by Crippen LogP contribution is 2.30. The van der Waals surface area contributed by atoms with Crippen LogP contribution in [0, 0.1) is 5.92 Å². The maximum absolute atomic E-state index is 12.2. The Morgan fingerprint density at radius 3 is 2.57 bits per heavy atom. The molecule has 0 radical (unpaired) electrons. The molecule has 1 N–H and O–H groups in total. The Morgan fingerprint density at radius 1 is 1.14 bits per heavy atom. The van der Waals surface area contributed by atoms with Gasteiger partial charge in [0, 0.05) is 37.6 Å². The van der Waals surface area contributed by atoms with Crippen molar-refractivity contribution in [1.29, 1.82) is 0 Å².